The molecule has 26 heavy (non-hydrogen) atoms. The molecular weight excluding hydrogens is 340 g/mol. The van der Waals surface area contributed by atoms with Crippen LogP contribution in [0.15, 0.2) is 18.2 Å². The average molecular weight is 365 g/mol. The van der Waals surface area contributed by atoms with Gasteiger partial charge in [-0.25, -0.2) is 8.78 Å². The van der Waals surface area contributed by atoms with Gasteiger partial charge in [0.1, 0.15) is 11.6 Å². The molecule has 4 rings (SSSR count). The largest absolute Gasteiger partial charge is 0.348 e. The number of halogens is 2. The third-order valence-electron chi connectivity index (χ3n) is 5.24. The van der Waals surface area contributed by atoms with E-state index in [2.05, 4.69) is 4.90 Å². The van der Waals surface area contributed by atoms with Gasteiger partial charge >= 0.3 is 0 Å². The summed E-state index contributed by atoms with van der Waals surface area (Å²) in [6.45, 7) is 2.47. The van der Waals surface area contributed by atoms with Crippen LogP contribution in [0.4, 0.5) is 8.78 Å². The summed E-state index contributed by atoms with van der Waals surface area (Å²) in [5, 5.41) is 0. The summed E-state index contributed by atoms with van der Waals surface area (Å²) in [6.07, 6.45) is 1.94. The molecule has 3 fully saturated rings. The Morgan fingerprint density at radius 3 is 2.42 bits per heavy atom. The molecule has 3 saturated heterocycles. The lowest BCUT2D eigenvalue weighted by molar-refractivity contribution is -0.134. The van der Waals surface area contributed by atoms with Crippen LogP contribution >= 0.6 is 0 Å². The van der Waals surface area contributed by atoms with Gasteiger partial charge < -0.3 is 9.80 Å². The topological polar surface area (TPSA) is 43.9 Å². The van der Waals surface area contributed by atoms with Crippen molar-refractivity contribution < 1.29 is 18.4 Å². The number of carbonyl (C=O) groups excluding carboxylic acids is 2. The van der Waals surface area contributed by atoms with E-state index in [1.807, 2.05) is 4.90 Å². The van der Waals surface area contributed by atoms with Gasteiger partial charge in [-0.05, 0) is 36.5 Å². The molecule has 2 bridgehead atoms. The number of likely N-dealkylation sites (N-methyl/N-ethyl adjacent to an activating group) is 1. The minimum absolute atomic E-state index is 0.00543. The number of benzene rings is 1. The van der Waals surface area contributed by atoms with E-state index in [4.69, 9.17) is 0 Å². The Morgan fingerprint density at radius 1 is 1.08 bits per heavy atom. The summed E-state index contributed by atoms with van der Waals surface area (Å²) in [5.74, 6) is -1.06. The van der Waals surface area contributed by atoms with Crippen molar-refractivity contribution in [3.05, 3.63) is 35.4 Å². The minimum atomic E-state index is -0.668. The summed E-state index contributed by atoms with van der Waals surface area (Å²) in [5.41, 5.74) is 0.354. The number of fused-ring (bicyclic) bond motifs is 4. The Morgan fingerprint density at radius 2 is 1.77 bits per heavy atom. The molecule has 3 aliphatic heterocycles. The van der Waals surface area contributed by atoms with Crippen LogP contribution in [-0.4, -0.2) is 72.8 Å². The average Bonchev–Trinajstić information content (AvgIpc) is 2.84. The van der Waals surface area contributed by atoms with Crippen LogP contribution in [0.1, 0.15) is 18.4 Å². The zero-order valence-corrected chi connectivity index (χ0v) is 15.3. The Hall–Kier alpha value is -2.02. The lowest BCUT2D eigenvalue weighted by Crippen LogP contribution is -2.48. The predicted octanol–water partition coefficient (Wildman–Crippen LogP) is 1.52. The van der Waals surface area contributed by atoms with E-state index in [0.29, 0.717) is 31.1 Å². The standard InChI is InChI=1S/C19H25F2N3O2/c1-22(2)19(26)12-23-9-13-3-4-17(11-23)24(10-13)18(25)7-14-5-15(20)8-16(21)6-14/h5-6,8,13,17H,3-4,7,9-12H2,1-2H3/t13-,17+/m1/s1. The van der Waals surface area contributed by atoms with Crippen molar-refractivity contribution >= 4 is 11.8 Å². The maximum atomic E-state index is 13.4. The summed E-state index contributed by atoms with van der Waals surface area (Å²) in [7, 11) is 3.48. The third-order valence-corrected chi connectivity index (χ3v) is 5.24. The number of hydrogen-bond acceptors (Lipinski definition) is 3. The first-order valence-electron chi connectivity index (χ1n) is 8.98. The third kappa shape index (κ3) is 4.38. The molecule has 0 radical (unpaired) electrons. The second kappa shape index (κ2) is 7.70. The highest BCUT2D eigenvalue weighted by Gasteiger charge is 2.37. The van der Waals surface area contributed by atoms with E-state index in [-0.39, 0.29) is 24.3 Å². The molecule has 5 nitrogen and oxygen atoms in total. The van der Waals surface area contributed by atoms with Gasteiger partial charge in [-0.15, -0.1) is 0 Å². The molecule has 0 aromatic heterocycles. The van der Waals surface area contributed by atoms with Crippen LogP contribution in [0.25, 0.3) is 0 Å². The molecule has 7 heteroatoms. The van der Waals surface area contributed by atoms with Gasteiger partial charge in [-0.3, -0.25) is 14.5 Å². The van der Waals surface area contributed by atoms with Crippen molar-refractivity contribution in [1.82, 2.24) is 14.7 Å². The van der Waals surface area contributed by atoms with Crippen LogP contribution in [0.3, 0.4) is 0 Å². The zero-order chi connectivity index (χ0) is 18.8. The van der Waals surface area contributed by atoms with Crippen molar-refractivity contribution in [2.24, 2.45) is 5.92 Å². The van der Waals surface area contributed by atoms with Crippen molar-refractivity contribution in [3.63, 3.8) is 0 Å². The molecule has 0 N–H and O–H groups in total. The number of amides is 2. The maximum Gasteiger partial charge on any atom is 0.236 e. The van der Waals surface area contributed by atoms with Gasteiger partial charge in [0.25, 0.3) is 0 Å². The highest BCUT2D eigenvalue weighted by atomic mass is 19.1. The van der Waals surface area contributed by atoms with E-state index in [1.165, 1.54) is 12.1 Å². The van der Waals surface area contributed by atoms with E-state index < -0.39 is 11.6 Å². The molecule has 1 aromatic carbocycles. The highest BCUT2D eigenvalue weighted by Crippen LogP contribution is 2.28. The number of piperidine rings is 1. The first-order valence-corrected chi connectivity index (χ1v) is 8.98. The second-order valence-corrected chi connectivity index (χ2v) is 7.58. The van der Waals surface area contributed by atoms with E-state index in [0.717, 1.165) is 25.5 Å². The van der Waals surface area contributed by atoms with Gasteiger partial charge in [0.15, 0.2) is 0 Å². The van der Waals surface area contributed by atoms with Gasteiger partial charge in [-0.1, -0.05) is 0 Å². The lowest BCUT2D eigenvalue weighted by atomic mass is 9.94. The molecule has 3 heterocycles. The Bertz CT molecular complexity index is 675. The number of carbonyl (C=O) groups is 2. The van der Waals surface area contributed by atoms with Gasteiger partial charge in [0.2, 0.25) is 11.8 Å². The van der Waals surface area contributed by atoms with Gasteiger partial charge in [-0.2, -0.15) is 0 Å². The zero-order valence-electron chi connectivity index (χ0n) is 15.3. The SMILES string of the molecule is CN(C)C(=O)CN1C[C@H]2CC[C@@H](C1)N(C(=O)Cc1cc(F)cc(F)c1)C2. The van der Waals surface area contributed by atoms with Crippen LogP contribution in [0, 0.1) is 17.6 Å². The quantitative estimate of drug-likeness (QED) is 0.813. The molecule has 142 valence electrons. The molecular formula is C19H25F2N3O2. The maximum absolute atomic E-state index is 13.4. The van der Waals surface area contributed by atoms with Gasteiger partial charge in [0.05, 0.1) is 13.0 Å². The first-order chi connectivity index (χ1) is 12.3. The van der Waals surface area contributed by atoms with Crippen molar-refractivity contribution in [1.29, 1.82) is 0 Å². The predicted molar refractivity (Wildman–Crippen MR) is 93.4 cm³/mol. The Balaban J connectivity index is 1.67. The van der Waals surface area contributed by atoms with Crippen LogP contribution in [0.2, 0.25) is 0 Å². The smallest absolute Gasteiger partial charge is 0.236 e. The molecule has 0 unspecified atom stereocenters. The fraction of sp³-hybridized carbons (Fsp3) is 0.579. The Kier molecular flexibility index (Phi) is 5.55. The number of rotatable bonds is 4. The molecule has 1 aromatic rings. The van der Waals surface area contributed by atoms with Crippen LogP contribution < -0.4 is 0 Å². The highest BCUT2D eigenvalue weighted by molar-refractivity contribution is 5.79. The van der Waals surface area contributed by atoms with Crippen molar-refractivity contribution in [2.45, 2.75) is 25.3 Å². The first kappa shape index (κ1) is 18.8. The summed E-state index contributed by atoms with van der Waals surface area (Å²) in [6, 6.07) is 3.27. The Labute approximate surface area is 152 Å². The number of hydrogen-bond donors (Lipinski definition) is 0. The second-order valence-electron chi connectivity index (χ2n) is 7.58. The molecule has 0 saturated carbocycles. The number of nitrogens with zero attached hydrogens (tertiary/aromatic N) is 3. The van der Waals surface area contributed by atoms with Crippen LogP contribution in [0.5, 0.6) is 0 Å². The summed E-state index contributed by atoms with van der Waals surface area (Å²) < 4.78 is 26.7. The summed E-state index contributed by atoms with van der Waals surface area (Å²) in [4.78, 5) is 30.3. The normalized spacial score (nSPS) is 23.0. The summed E-state index contributed by atoms with van der Waals surface area (Å²) >= 11 is 0. The van der Waals surface area contributed by atoms with E-state index in [1.54, 1.807) is 19.0 Å². The van der Waals surface area contributed by atoms with Crippen LogP contribution in [-0.2, 0) is 16.0 Å². The fourth-order valence-electron chi connectivity index (χ4n) is 3.94. The lowest BCUT2D eigenvalue weighted by Gasteiger charge is -2.36. The minimum Gasteiger partial charge on any atom is -0.348 e. The molecule has 2 amide bonds. The van der Waals surface area contributed by atoms with E-state index >= 15 is 0 Å². The fourth-order valence-corrected chi connectivity index (χ4v) is 3.94. The molecule has 0 spiro atoms. The molecule has 3 aliphatic rings. The van der Waals surface area contributed by atoms with E-state index in [9.17, 15) is 18.4 Å². The van der Waals surface area contributed by atoms with Crippen molar-refractivity contribution in [3.8, 4) is 0 Å². The van der Waals surface area contributed by atoms with Crippen molar-refractivity contribution in [2.75, 3.05) is 40.3 Å². The monoisotopic (exact) mass is 365 g/mol. The molecule has 2 atom stereocenters. The van der Waals surface area contributed by atoms with Gasteiger partial charge in [0, 0.05) is 45.8 Å². The molecule has 0 aliphatic carbocycles.